The number of rotatable bonds is 0. The number of halogens is 1. The molecule has 0 heterocycles. The van der Waals surface area contributed by atoms with Gasteiger partial charge in [0.05, 0.1) is 6.07 Å². The number of nitrogens with zero attached hydrogens (tertiary/aromatic N) is 1. The maximum Gasteiger partial charge on any atom is 0.120 e. The average molecular weight is 137 g/mol. The van der Waals surface area contributed by atoms with Crippen LogP contribution in [0.15, 0.2) is 23.6 Å². The van der Waals surface area contributed by atoms with Crippen LogP contribution in [-0.4, -0.2) is 0 Å². The lowest BCUT2D eigenvalue weighted by atomic mass is 9.96. The summed E-state index contributed by atoms with van der Waals surface area (Å²) in [4.78, 5) is 0. The number of hydrogen-bond donors (Lipinski definition) is 0. The van der Waals surface area contributed by atoms with Crippen LogP contribution in [0.5, 0.6) is 0 Å². The fraction of sp³-hybridized carbons (Fsp3) is 0.375. The second-order valence-electron chi connectivity index (χ2n) is 2.51. The van der Waals surface area contributed by atoms with Crippen molar-refractivity contribution in [3.8, 4) is 6.07 Å². The van der Waals surface area contributed by atoms with Gasteiger partial charge in [-0.2, -0.15) is 5.26 Å². The molecule has 0 aromatic carbocycles. The van der Waals surface area contributed by atoms with Crippen molar-refractivity contribution in [2.75, 3.05) is 0 Å². The number of hydrogen-bond acceptors (Lipinski definition) is 1. The first-order valence-electron chi connectivity index (χ1n) is 3.20. The largest absolute Gasteiger partial charge is 0.207 e. The van der Waals surface area contributed by atoms with Crippen molar-refractivity contribution in [2.45, 2.75) is 13.3 Å². The minimum atomic E-state index is -0.282. The van der Waals surface area contributed by atoms with Crippen LogP contribution in [0.3, 0.4) is 0 Å². The Bertz CT molecular complexity index is 232. The molecule has 1 nitrogen and oxygen atoms in total. The van der Waals surface area contributed by atoms with Gasteiger partial charge in [-0.15, -0.1) is 0 Å². The molecule has 0 N–H and O–H groups in total. The van der Waals surface area contributed by atoms with Gasteiger partial charge in [0.2, 0.25) is 0 Å². The van der Waals surface area contributed by atoms with Crippen LogP contribution in [0, 0.1) is 17.2 Å². The zero-order valence-corrected chi connectivity index (χ0v) is 5.76. The summed E-state index contributed by atoms with van der Waals surface area (Å²) in [7, 11) is 0. The molecule has 0 aromatic heterocycles. The average Bonchev–Trinajstić information content (AvgIpc) is 1.85. The first-order chi connectivity index (χ1) is 4.72. The summed E-state index contributed by atoms with van der Waals surface area (Å²) >= 11 is 0. The number of nitriles is 1. The van der Waals surface area contributed by atoms with Crippen LogP contribution in [-0.2, 0) is 0 Å². The van der Waals surface area contributed by atoms with Crippen molar-refractivity contribution in [3.05, 3.63) is 23.6 Å². The smallest absolute Gasteiger partial charge is 0.120 e. The predicted molar refractivity (Wildman–Crippen MR) is 36.7 cm³/mol. The van der Waals surface area contributed by atoms with E-state index < -0.39 is 0 Å². The summed E-state index contributed by atoms with van der Waals surface area (Å²) in [6.07, 6.45) is 3.49. The van der Waals surface area contributed by atoms with Crippen LogP contribution in [0.1, 0.15) is 13.3 Å². The lowest BCUT2D eigenvalue weighted by molar-refractivity contribution is 0.610. The topological polar surface area (TPSA) is 23.8 Å². The fourth-order valence-corrected chi connectivity index (χ4v) is 1.03. The third-order valence-electron chi connectivity index (χ3n) is 1.44. The third kappa shape index (κ3) is 1.44. The van der Waals surface area contributed by atoms with Crippen LogP contribution < -0.4 is 0 Å². The maximum absolute atomic E-state index is 12.5. The highest BCUT2D eigenvalue weighted by molar-refractivity contribution is 5.32. The molecule has 1 aliphatic rings. The van der Waals surface area contributed by atoms with Crippen molar-refractivity contribution in [1.29, 1.82) is 5.26 Å². The van der Waals surface area contributed by atoms with Crippen molar-refractivity contribution in [2.24, 2.45) is 5.92 Å². The Kier molecular flexibility index (Phi) is 1.86. The molecule has 0 saturated heterocycles. The molecular formula is C8H8FN. The van der Waals surface area contributed by atoms with E-state index in [-0.39, 0.29) is 11.7 Å². The van der Waals surface area contributed by atoms with E-state index in [1.807, 2.05) is 13.0 Å². The van der Waals surface area contributed by atoms with Gasteiger partial charge in [0.1, 0.15) is 5.83 Å². The molecule has 52 valence electrons. The van der Waals surface area contributed by atoms with Gasteiger partial charge >= 0.3 is 0 Å². The molecule has 2 heteroatoms. The summed E-state index contributed by atoms with van der Waals surface area (Å²) in [6.45, 7) is 1.89. The Balaban J connectivity index is 2.83. The quantitative estimate of drug-likeness (QED) is 0.502. The van der Waals surface area contributed by atoms with E-state index in [4.69, 9.17) is 5.26 Å². The van der Waals surface area contributed by atoms with E-state index in [1.54, 1.807) is 0 Å². The summed E-state index contributed by atoms with van der Waals surface area (Å²) in [5.74, 6) is -0.116. The van der Waals surface area contributed by atoms with Crippen molar-refractivity contribution < 1.29 is 4.39 Å². The molecule has 1 rings (SSSR count). The highest BCUT2D eigenvalue weighted by atomic mass is 19.1. The van der Waals surface area contributed by atoms with Gasteiger partial charge in [0.25, 0.3) is 0 Å². The van der Waals surface area contributed by atoms with Crippen molar-refractivity contribution >= 4 is 0 Å². The van der Waals surface area contributed by atoms with Gasteiger partial charge in [-0.25, -0.2) is 4.39 Å². The summed E-state index contributed by atoms with van der Waals surface area (Å²) < 4.78 is 12.5. The molecule has 0 spiro atoms. The van der Waals surface area contributed by atoms with Crippen LogP contribution in [0.25, 0.3) is 0 Å². The molecule has 0 amide bonds. The lowest BCUT2D eigenvalue weighted by Gasteiger charge is -2.08. The van der Waals surface area contributed by atoms with E-state index >= 15 is 0 Å². The zero-order chi connectivity index (χ0) is 7.56. The Labute approximate surface area is 59.5 Å². The Morgan fingerprint density at radius 3 is 3.00 bits per heavy atom. The van der Waals surface area contributed by atoms with Gasteiger partial charge in [-0.3, -0.25) is 0 Å². The molecule has 0 aliphatic heterocycles. The lowest BCUT2D eigenvalue weighted by Crippen LogP contribution is -1.97. The molecule has 0 saturated carbocycles. The monoisotopic (exact) mass is 137 g/mol. The minimum absolute atomic E-state index is 0.166. The highest BCUT2D eigenvalue weighted by Crippen LogP contribution is 2.21. The van der Waals surface area contributed by atoms with Gasteiger partial charge < -0.3 is 0 Å². The third-order valence-corrected chi connectivity index (χ3v) is 1.44. The first kappa shape index (κ1) is 7.01. The second-order valence-corrected chi connectivity index (χ2v) is 2.51. The Hall–Kier alpha value is -1.10. The van der Waals surface area contributed by atoms with E-state index in [2.05, 4.69) is 0 Å². The van der Waals surface area contributed by atoms with E-state index in [0.29, 0.717) is 12.0 Å². The molecular weight excluding hydrogens is 129 g/mol. The molecule has 1 atom stereocenters. The highest BCUT2D eigenvalue weighted by Gasteiger charge is 2.09. The molecule has 1 aliphatic carbocycles. The SMILES string of the molecule is CC1C=C(F)C=C(C#N)C1. The molecule has 0 bridgehead atoms. The van der Waals surface area contributed by atoms with Gasteiger partial charge in [-0.1, -0.05) is 6.92 Å². The first-order valence-corrected chi connectivity index (χ1v) is 3.20. The van der Waals surface area contributed by atoms with Crippen LogP contribution in [0.2, 0.25) is 0 Å². The van der Waals surface area contributed by atoms with Gasteiger partial charge in [-0.05, 0) is 24.5 Å². The normalized spacial score (nSPS) is 24.7. The maximum atomic E-state index is 12.5. The molecule has 0 fully saturated rings. The van der Waals surface area contributed by atoms with E-state index in [1.165, 1.54) is 12.2 Å². The fourth-order valence-electron chi connectivity index (χ4n) is 1.03. The Morgan fingerprint density at radius 2 is 2.50 bits per heavy atom. The molecule has 0 aromatic rings. The van der Waals surface area contributed by atoms with Crippen LogP contribution >= 0.6 is 0 Å². The van der Waals surface area contributed by atoms with Crippen molar-refractivity contribution in [1.82, 2.24) is 0 Å². The van der Waals surface area contributed by atoms with E-state index in [0.717, 1.165) is 0 Å². The van der Waals surface area contributed by atoms with Crippen LogP contribution in [0.4, 0.5) is 4.39 Å². The predicted octanol–water partition coefficient (Wildman–Crippen LogP) is 2.33. The standard InChI is InChI=1S/C8H8FN/c1-6-2-7(5-10)4-8(9)3-6/h3-4,6H,2H2,1H3. The van der Waals surface area contributed by atoms with Gasteiger partial charge in [0, 0.05) is 5.57 Å². The molecule has 10 heavy (non-hydrogen) atoms. The summed E-state index contributed by atoms with van der Waals surface area (Å²) in [6, 6.07) is 1.94. The number of allylic oxidation sites excluding steroid dienone is 4. The van der Waals surface area contributed by atoms with Crippen molar-refractivity contribution in [3.63, 3.8) is 0 Å². The Morgan fingerprint density at radius 1 is 1.80 bits per heavy atom. The summed E-state index contributed by atoms with van der Waals surface area (Å²) in [5.41, 5.74) is 0.535. The molecule has 0 radical (unpaired) electrons. The zero-order valence-electron chi connectivity index (χ0n) is 5.76. The summed E-state index contributed by atoms with van der Waals surface area (Å²) in [5, 5.41) is 8.41. The van der Waals surface area contributed by atoms with E-state index in [9.17, 15) is 4.39 Å². The molecule has 1 unspecified atom stereocenters. The second kappa shape index (κ2) is 2.66. The van der Waals surface area contributed by atoms with Gasteiger partial charge in [0.15, 0.2) is 0 Å². The minimum Gasteiger partial charge on any atom is -0.207 e.